The number of nitro groups is 1. The van der Waals surface area contributed by atoms with Gasteiger partial charge in [0, 0.05) is 49.2 Å². The summed E-state index contributed by atoms with van der Waals surface area (Å²) >= 11 is 0. The standard InChI is InChI=1S/C15H17N3O3/c19-10-11-2-1-7-17(9-11)14-3-4-15(18(20)21)12-5-6-16-8-13(12)14/h3-6,8,11,19H,1-2,7,9-10H2. The molecule has 0 saturated carbocycles. The van der Waals surface area contributed by atoms with E-state index in [1.807, 2.05) is 0 Å². The Morgan fingerprint density at radius 1 is 1.38 bits per heavy atom. The number of aliphatic hydroxyl groups excluding tert-OH is 1. The Balaban J connectivity index is 2.07. The Hall–Kier alpha value is -2.21. The van der Waals surface area contributed by atoms with Gasteiger partial charge in [0.25, 0.3) is 5.69 Å². The number of aromatic nitrogens is 1. The topological polar surface area (TPSA) is 79.5 Å². The van der Waals surface area contributed by atoms with Crippen LogP contribution in [0.4, 0.5) is 11.4 Å². The van der Waals surface area contributed by atoms with Gasteiger partial charge in [0.1, 0.15) is 0 Å². The Morgan fingerprint density at radius 2 is 2.24 bits per heavy atom. The molecular formula is C15H17N3O3. The molecule has 2 aromatic rings. The van der Waals surface area contributed by atoms with Gasteiger partial charge in [0.2, 0.25) is 0 Å². The molecule has 1 aromatic heterocycles. The monoisotopic (exact) mass is 287 g/mol. The third kappa shape index (κ3) is 2.54. The van der Waals surface area contributed by atoms with Crippen LogP contribution in [0.1, 0.15) is 12.8 Å². The molecule has 1 saturated heterocycles. The number of anilines is 1. The number of nitro benzene ring substituents is 1. The fraction of sp³-hybridized carbons (Fsp3) is 0.400. The molecule has 21 heavy (non-hydrogen) atoms. The normalized spacial score (nSPS) is 18.9. The Labute approximate surface area is 122 Å². The molecule has 110 valence electrons. The van der Waals surface area contributed by atoms with Crippen LogP contribution in [0.15, 0.2) is 30.6 Å². The van der Waals surface area contributed by atoms with Crippen molar-refractivity contribution < 1.29 is 10.0 Å². The van der Waals surface area contributed by atoms with Crippen molar-refractivity contribution in [1.82, 2.24) is 4.98 Å². The second kappa shape index (κ2) is 5.65. The second-order valence-corrected chi connectivity index (χ2v) is 5.42. The maximum Gasteiger partial charge on any atom is 0.277 e. The first-order chi connectivity index (χ1) is 10.2. The van der Waals surface area contributed by atoms with E-state index in [2.05, 4.69) is 9.88 Å². The van der Waals surface area contributed by atoms with Crippen LogP contribution in [0, 0.1) is 16.0 Å². The molecule has 6 heteroatoms. The van der Waals surface area contributed by atoms with Crippen LogP contribution >= 0.6 is 0 Å². The van der Waals surface area contributed by atoms with Crippen LogP contribution in [-0.2, 0) is 0 Å². The first kappa shape index (κ1) is 13.8. The predicted molar refractivity (Wildman–Crippen MR) is 80.4 cm³/mol. The van der Waals surface area contributed by atoms with Crippen molar-refractivity contribution >= 4 is 22.1 Å². The van der Waals surface area contributed by atoms with Crippen LogP contribution in [0.5, 0.6) is 0 Å². The lowest BCUT2D eigenvalue weighted by atomic mass is 9.97. The minimum Gasteiger partial charge on any atom is -0.396 e. The van der Waals surface area contributed by atoms with Gasteiger partial charge in [0.15, 0.2) is 0 Å². The number of non-ortho nitro benzene ring substituents is 1. The summed E-state index contributed by atoms with van der Waals surface area (Å²) in [5.74, 6) is 0.265. The SMILES string of the molecule is O=[N+]([O-])c1ccc(N2CCCC(CO)C2)c2cnccc12. The van der Waals surface area contributed by atoms with Gasteiger partial charge >= 0.3 is 0 Å². The van der Waals surface area contributed by atoms with Crippen molar-refractivity contribution in [1.29, 1.82) is 0 Å². The molecular weight excluding hydrogens is 270 g/mol. The average molecular weight is 287 g/mol. The van der Waals surface area contributed by atoms with Crippen molar-refractivity contribution in [2.24, 2.45) is 5.92 Å². The maximum atomic E-state index is 11.1. The molecule has 1 aliphatic rings. The van der Waals surface area contributed by atoms with Gasteiger partial charge in [-0.1, -0.05) is 0 Å². The molecule has 2 heterocycles. The Bertz CT molecular complexity index is 674. The maximum absolute atomic E-state index is 11.1. The van der Waals surface area contributed by atoms with E-state index in [0.29, 0.717) is 5.39 Å². The third-order valence-electron chi connectivity index (χ3n) is 4.09. The van der Waals surface area contributed by atoms with Gasteiger partial charge in [0.05, 0.1) is 10.3 Å². The highest BCUT2D eigenvalue weighted by molar-refractivity contribution is 5.99. The summed E-state index contributed by atoms with van der Waals surface area (Å²) in [4.78, 5) is 17.1. The van der Waals surface area contributed by atoms with Gasteiger partial charge in [-0.3, -0.25) is 15.1 Å². The average Bonchev–Trinajstić information content (AvgIpc) is 2.53. The molecule has 1 aliphatic heterocycles. The summed E-state index contributed by atoms with van der Waals surface area (Å²) in [5.41, 5.74) is 1.06. The number of benzene rings is 1. The van der Waals surface area contributed by atoms with E-state index >= 15 is 0 Å². The second-order valence-electron chi connectivity index (χ2n) is 5.42. The lowest BCUT2D eigenvalue weighted by Crippen LogP contribution is -2.36. The van der Waals surface area contributed by atoms with E-state index in [0.717, 1.165) is 37.0 Å². The number of pyridine rings is 1. The molecule has 0 radical (unpaired) electrons. The number of piperidine rings is 1. The highest BCUT2D eigenvalue weighted by Gasteiger charge is 2.23. The Morgan fingerprint density at radius 3 is 3.00 bits per heavy atom. The molecule has 0 amide bonds. The summed E-state index contributed by atoms with van der Waals surface area (Å²) < 4.78 is 0. The first-order valence-corrected chi connectivity index (χ1v) is 7.07. The molecule has 1 fully saturated rings. The smallest absolute Gasteiger partial charge is 0.277 e. The highest BCUT2D eigenvalue weighted by atomic mass is 16.6. The van der Waals surface area contributed by atoms with Crippen molar-refractivity contribution in [2.45, 2.75) is 12.8 Å². The molecule has 0 bridgehead atoms. The van der Waals surface area contributed by atoms with E-state index in [-0.39, 0.29) is 23.1 Å². The molecule has 3 rings (SSSR count). The zero-order valence-electron chi connectivity index (χ0n) is 11.6. The van der Waals surface area contributed by atoms with Gasteiger partial charge in [-0.15, -0.1) is 0 Å². The van der Waals surface area contributed by atoms with Crippen molar-refractivity contribution in [3.63, 3.8) is 0 Å². The third-order valence-corrected chi connectivity index (χ3v) is 4.09. The number of fused-ring (bicyclic) bond motifs is 1. The van der Waals surface area contributed by atoms with Crippen molar-refractivity contribution in [2.75, 3.05) is 24.6 Å². The molecule has 1 aromatic carbocycles. The number of aliphatic hydroxyl groups is 1. The molecule has 6 nitrogen and oxygen atoms in total. The minimum absolute atomic E-state index is 0.104. The molecule has 1 atom stereocenters. The summed E-state index contributed by atoms with van der Waals surface area (Å²) in [6.45, 7) is 1.86. The zero-order chi connectivity index (χ0) is 14.8. The Kier molecular flexibility index (Phi) is 3.70. The largest absolute Gasteiger partial charge is 0.396 e. The van der Waals surface area contributed by atoms with Gasteiger partial charge in [-0.25, -0.2) is 0 Å². The van der Waals surface area contributed by atoms with Gasteiger partial charge in [-0.2, -0.15) is 0 Å². The van der Waals surface area contributed by atoms with Crippen molar-refractivity contribution in [3.05, 3.63) is 40.7 Å². The fourth-order valence-corrected chi connectivity index (χ4v) is 3.03. The number of hydrogen-bond acceptors (Lipinski definition) is 5. The minimum atomic E-state index is -0.362. The fourth-order valence-electron chi connectivity index (χ4n) is 3.03. The number of rotatable bonds is 3. The number of nitrogens with zero attached hydrogens (tertiary/aromatic N) is 3. The summed E-state index contributed by atoms with van der Waals surface area (Å²) in [5, 5.41) is 21.9. The molecule has 1 unspecified atom stereocenters. The summed E-state index contributed by atoms with van der Waals surface area (Å²) in [6, 6.07) is 5.03. The van der Waals surface area contributed by atoms with Crippen LogP contribution in [0.3, 0.4) is 0 Å². The van der Waals surface area contributed by atoms with E-state index in [1.165, 1.54) is 0 Å². The van der Waals surface area contributed by atoms with E-state index < -0.39 is 0 Å². The van der Waals surface area contributed by atoms with Crippen LogP contribution in [0.25, 0.3) is 10.8 Å². The van der Waals surface area contributed by atoms with E-state index in [4.69, 9.17) is 0 Å². The summed E-state index contributed by atoms with van der Waals surface area (Å²) in [6.07, 6.45) is 5.30. The predicted octanol–water partition coefficient (Wildman–Crippen LogP) is 2.35. The van der Waals surface area contributed by atoms with Gasteiger partial charge in [-0.05, 0) is 30.9 Å². The summed E-state index contributed by atoms with van der Waals surface area (Å²) in [7, 11) is 0. The zero-order valence-corrected chi connectivity index (χ0v) is 11.6. The van der Waals surface area contributed by atoms with E-state index in [9.17, 15) is 15.2 Å². The molecule has 0 aliphatic carbocycles. The van der Waals surface area contributed by atoms with Crippen LogP contribution in [-0.4, -0.2) is 34.7 Å². The molecule has 1 N–H and O–H groups in total. The first-order valence-electron chi connectivity index (χ1n) is 7.07. The van der Waals surface area contributed by atoms with Crippen LogP contribution in [0.2, 0.25) is 0 Å². The van der Waals surface area contributed by atoms with Crippen LogP contribution < -0.4 is 4.90 Å². The van der Waals surface area contributed by atoms with Crippen molar-refractivity contribution in [3.8, 4) is 0 Å². The van der Waals surface area contributed by atoms with Gasteiger partial charge < -0.3 is 10.0 Å². The van der Waals surface area contributed by atoms with E-state index in [1.54, 1.807) is 30.6 Å². The lowest BCUT2D eigenvalue weighted by molar-refractivity contribution is -0.383. The highest BCUT2D eigenvalue weighted by Crippen LogP contribution is 2.34. The quantitative estimate of drug-likeness (QED) is 0.692. The number of hydrogen-bond donors (Lipinski definition) is 1. The lowest BCUT2D eigenvalue weighted by Gasteiger charge is -2.34. The molecule has 0 spiro atoms.